The molecule has 0 saturated heterocycles. The smallest absolute Gasteiger partial charge is 0.355 e. The van der Waals surface area contributed by atoms with E-state index >= 15 is 0 Å². The fraction of sp³-hybridized carbons (Fsp3) is 0.176. The van der Waals surface area contributed by atoms with Crippen LogP contribution in [0.25, 0.3) is 11.1 Å². The van der Waals surface area contributed by atoms with Crippen LogP contribution in [0, 0.1) is 0 Å². The lowest BCUT2D eigenvalue weighted by molar-refractivity contribution is -0.144. The van der Waals surface area contributed by atoms with Crippen LogP contribution in [0.5, 0.6) is 0 Å². The second-order valence-corrected chi connectivity index (χ2v) is 4.95. The first kappa shape index (κ1) is 14.9. The van der Waals surface area contributed by atoms with E-state index in [0.717, 1.165) is 5.56 Å². The first-order valence-corrected chi connectivity index (χ1v) is 7.06. The number of aromatic nitrogens is 1. The second-order valence-electron chi connectivity index (χ2n) is 4.95. The van der Waals surface area contributed by atoms with Gasteiger partial charge in [0.15, 0.2) is 12.3 Å². The van der Waals surface area contributed by atoms with E-state index in [-0.39, 0.29) is 19.0 Å². The summed E-state index contributed by atoms with van der Waals surface area (Å²) in [5.41, 5.74) is 2.36. The maximum Gasteiger partial charge on any atom is 0.355 e. The van der Waals surface area contributed by atoms with Gasteiger partial charge in [-0.1, -0.05) is 30.3 Å². The van der Waals surface area contributed by atoms with Gasteiger partial charge in [-0.2, -0.15) is 0 Å². The molecule has 2 heterocycles. The molecule has 6 heteroatoms. The van der Waals surface area contributed by atoms with Crippen molar-refractivity contribution in [1.82, 2.24) is 4.57 Å². The summed E-state index contributed by atoms with van der Waals surface area (Å²) in [4.78, 5) is 23.4. The van der Waals surface area contributed by atoms with Crippen LogP contribution in [0.2, 0.25) is 0 Å². The van der Waals surface area contributed by atoms with E-state index in [2.05, 4.69) is 0 Å². The molecule has 0 N–H and O–H groups in total. The van der Waals surface area contributed by atoms with Crippen molar-refractivity contribution in [2.24, 2.45) is 0 Å². The number of carbonyl (C=O) groups excluding carboxylic acids is 2. The number of esters is 2. The number of carbonyl (C=O) groups is 2. The Kier molecular flexibility index (Phi) is 4.14. The molecule has 0 atom stereocenters. The topological polar surface area (TPSA) is 70.7 Å². The Morgan fingerprint density at radius 3 is 2.65 bits per heavy atom. The fourth-order valence-corrected chi connectivity index (χ4v) is 2.24. The Bertz CT molecular complexity index is 831. The lowest BCUT2D eigenvalue weighted by atomic mass is 10.2. The molecule has 6 nitrogen and oxygen atoms in total. The quantitative estimate of drug-likeness (QED) is 0.677. The van der Waals surface area contributed by atoms with E-state index in [4.69, 9.17) is 13.9 Å². The van der Waals surface area contributed by atoms with E-state index in [1.54, 1.807) is 16.7 Å². The van der Waals surface area contributed by atoms with Crippen LogP contribution in [0.1, 0.15) is 23.0 Å². The molecule has 0 radical (unpaired) electrons. The summed E-state index contributed by atoms with van der Waals surface area (Å²) in [6.07, 6.45) is 1.51. The number of ether oxygens (including phenoxy) is 2. The van der Waals surface area contributed by atoms with Crippen molar-refractivity contribution in [3.05, 3.63) is 60.0 Å². The molecule has 0 aliphatic heterocycles. The molecule has 0 saturated carbocycles. The average Bonchev–Trinajstić information content (AvgIpc) is 3.12. The van der Waals surface area contributed by atoms with Gasteiger partial charge >= 0.3 is 11.9 Å². The Hall–Kier alpha value is -3.02. The molecule has 0 bridgehead atoms. The van der Waals surface area contributed by atoms with Crippen LogP contribution >= 0.6 is 0 Å². The highest BCUT2D eigenvalue weighted by atomic mass is 16.5. The molecule has 2 aromatic heterocycles. The zero-order chi connectivity index (χ0) is 16.2. The normalized spacial score (nSPS) is 10.7. The molecule has 118 valence electrons. The summed E-state index contributed by atoms with van der Waals surface area (Å²) in [5, 5.41) is 0. The van der Waals surface area contributed by atoms with Gasteiger partial charge in [0.1, 0.15) is 12.3 Å². The SMILES string of the molecule is CC(=O)OCn1c(C(=O)OCc2ccccc2)cc2occc21. The summed E-state index contributed by atoms with van der Waals surface area (Å²) in [6, 6.07) is 12.7. The molecular weight excluding hydrogens is 298 g/mol. The summed E-state index contributed by atoms with van der Waals surface area (Å²) in [7, 11) is 0. The highest BCUT2D eigenvalue weighted by Gasteiger charge is 2.19. The molecule has 0 aliphatic carbocycles. The van der Waals surface area contributed by atoms with Gasteiger partial charge in [-0.15, -0.1) is 0 Å². The lowest BCUT2D eigenvalue weighted by Gasteiger charge is -2.10. The Morgan fingerprint density at radius 2 is 1.91 bits per heavy atom. The van der Waals surface area contributed by atoms with Crippen LogP contribution < -0.4 is 0 Å². The standard InChI is InChI=1S/C17H15NO5/c1-12(19)23-11-18-14-7-8-21-16(14)9-15(18)17(20)22-10-13-5-3-2-4-6-13/h2-9H,10-11H2,1H3. The minimum Gasteiger partial charge on any atom is -0.463 e. The Morgan fingerprint density at radius 1 is 1.13 bits per heavy atom. The van der Waals surface area contributed by atoms with E-state index in [1.165, 1.54) is 13.2 Å². The second kappa shape index (κ2) is 6.39. The number of fused-ring (bicyclic) bond motifs is 1. The maximum absolute atomic E-state index is 12.3. The zero-order valence-corrected chi connectivity index (χ0v) is 12.5. The van der Waals surface area contributed by atoms with Crippen molar-refractivity contribution < 1.29 is 23.5 Å². The van der Waals surface area contributed by atoms with Gasteiger partial charge in [0.2, 0.25) is 0 Å². The van der Waals surface area contributed by atoms with E-state index in [1.807, 2.05) is 30.3 Å². The third kappa shape index (κ3) is 3.26. The molecule has 0 fully saturated rings. The zero-order valence-electron chi connectivity index (χ0n) is 12.5. The van der Waals surface area contributed by atoms with Gasteiger partial charge in [0.25, 0.3) is 0 Å². The molecule has 0 unspecified atom stereocenters. The third-order valence-corrected chi connectivity index (χ3v) is 3.34. The minimum absolute atomic E-state index is 0.0753. The number of rotatable bonds is 5. The van der Waals surface area contributed by atoms with E-state index < -0.39 is 11.9 Å². The number of hydrogen-bond acceptors (Lipinski definition) is 5. The highest BCUT2D eigenvalue weighted by Crippen LogP contribution is 2.22. The van der Waals surface area contributed by atoms with Gasteiger partial charge < -0.3 is 13.9 Å². The molecule has 1 aromatic carbocycles. The monoisotopic (exact) mass is 313 g/mol. The van der Waals surface area contributed by atoms with Gasteiger partial charge in [0, 0.05) is 19.1 Å². The number of nitrogens with zero attached hydrogens (tertiary/aromatic N) is 1. The maximum atomic E-state index is 12.3. The van der Waals surface area contributed by atoms with E-state index in [0.29, 0.717) is 11.1 Å². The minimum atomic E-state index is -0.507. The lowest BCUT2D eigenvalue weighted by Crippen LogP contribution is -2.15. The largest absolute Gasteiger partial charge is 0.463 e. The molecular formula is C17H15NO5. The van der Waals surface area contributed by atoms with Gasteiger partial charge in [-0.05, 0) is 5.56 Å². The van der Waals surface area contributed by atoms with Crippen LogP contribution in [-0.4, -0.2) is 16.5 Å². The predicted octanol–water partition coefficient (Wildman–Crippen LogP) is 3.11. The molecule has 0 amide bonds. The predicted molar refractivity (Wildman–Crippen MR) is 81.5 cm³/mol. The third-order valence-electron chi connectivity index (χ3n) is 3.34. The molecule has 0 aliphatic rings. The Balaban J connectivity index is 1.80. The van der Waals surface area contributed by atoms with Crippen LogP contribution in [0.15, 0.2) is 53.1 Å². The Labute approximate surface area is 132 Å². The van der Waals surface area contributed by atoms with Crippen LogP contribution in [-0.2, 0) is 27.6 Å². The number of benzene rings is 1. The molecule has 23 heavy (non-hydrogen) atoms. The fourth-order valence-electron chi connectivity index (χ4n) is 2.24. The average molecular weight is 313 g/mol. The summed E-state index contributed by atoms with van der Waals surface area (Å²) >= 11 is 0. The van der Waals surface area contributed by atoms with Crippen molar-refractivity contribution in [3.8, 4) is 0 Å². The summed E-state index contributed by atoms with van der Waals surface area (Å²) < 4.78 is 17.1. The van der Waals surface area contributed by atoms with Crippen molar-refractivity contribution in [1.29, 1.82) is 0 Å². The van der Waals surface area contributed by atoms with Gasteiger partial charge in [-0.3, -0.25) is 9.36 Å². The van der Waals surface area contributed by atoms with Crippen molar-refractivity contribution in [3.63, 3.8) is 0 Å². The number of hydrogen-bond donors (Lipinski definition) is 0. The van der Waals surface area contributed by atoms with Gasteiger partial charge in [0.05, 0.1) is 11.8 Å². The van der Waals surface area contributed by atoms with Gasteiger partial charge in [-0.25, -0.2) is 4.79 Å². The van der Waals surface area contributed by atoms with Crippen molar-refractivity contribution in [2.75, 3.05) is 0 Å². The molecule has 3 rings (SSSR count). The van der Waals surface area contributed by atoms with Crippen molar-refractivity contribution >= 4 is 23.0 Å². The first-order chi connectivity index (χ1) is 11.1. The summed E-state index contributed by atoms with van der Waals surface area (Å²) in [5.74, 6) is -0.939. The highest BCUT2D eigenvalue weighted by molar-refractivity contribution is 5.94. The molecule has 0 spiro atoms. The van der Waals surface area contributed by atoms with E-state index in [9.17, 15) is 9.59 Å². The van der Waals surface area contributed by atoms with Crippen LogP contribution in [0.3, 0.4) is 0 Å². The van der Waals surface area contributed by atoms with Crippen LogP contribution in [0.4, 0.5) is 0 Å². The summed E-state index contributed by atoms with van der Waals surface area (Å²) in [6.45, 7) is 1.40. The van der Waals surface area contributed by atoms with Crippen molar-refractivity contribution in [2.45, 2.75) is 20.3 Å². The first-order valence-electron chi connectivity index (χ1n) is 7.06. The number of furan rings is 1. The molecule has 3 aromatic rings.